The Hall–Kier alpha value is -0.730. The third kappa shape index (κ3) is 2.02. The largest absolute Gasteiger partial charge is 0.369 e. The average molecular weight is 210 g/mol. The molecule has 0 N–H and O–H groups in total. The van der Waals surface area contributed by atoms with Crippen molar-refractivity contribution in [3.63, 3.8) is 0 Å². The highest BCUT2D eigenvalue weighted by Crippen LogP contribution is 2.22. The van der Waals surface area contributed by atoms with E-state index in [1.54, 1.807) is 0 Å². The van der Waals surface area contributed by atoms with Gasteiger partial charge in [0.1, 0.15) is 0 Å². The number of halogens is 1. The van der Waals surface area contributed by atoms with E-state index in [9.17, 15) is 0 Å². The maximum Gasteiger partial charge on any atom is 0.0436 e. The fourth-order valence-corrected chi connectivity index (χ4v) is 1.81. The first-order chi connectivity index (χ1) is 6.77. The van der Waals surface area contributed by atoms with E-state index in [0.29, 0.717) is 0 Å². The van der Waals surface area contributed by atoms with Crippen molar-refractivity contribution in [1.82, 2.24) is 5.32 Å². The Labute approximate surface area is 89.9 Å². The molecule has 0 amide bonds. The Balaban J connectivity index is 2.18. The predicted molar refractivity (Wildman–Crippen MR) is 60.3 cm³/mol. The van der Waals surface area contributed by atoms with Crippen LogP contribution in [0.3, 0.4) is 0 Å². The van der Waals surface area contributed by atoms with Gasteiger partial charge in [0.25, 0.3) is 0 Å². The Morgan fingerprint density at radius 2 is 2.00 bits per heavy atom. The van der Waals surface area contributed by atoms with Crippen molar-refractivity contribution in [3.8, 4) is 0 Å². The van der Waals surface area contributed by atoms with Gasteiger partial charge < -0.3 is 4.90 Å². The van der Waals surface area contributed by atoms with Crippen LogP contribution in [0.15, 0.2) is 18.2 Å². The van der Waals surface area contributed by atoms with Gasteiger partial charge in [0.05, 0.1) is 0 Å². The number of piperazine rings is 1. The van der Waals surface area contributed by atoms with Gasteiger partial charge in [0.15, 0.2) is 0 Å². The molecule has 1 fully saturated rings. The third-order valence-electron chi connectivity index (χ3n) is 2.56. The van der Waals surface area contributed by atoms with Crippen LogP contribution in [0.1, 0.15) is 5.56 Å². The average Bonchev–Trinajstić information content (AvgIpc) is 2.23. The van der Waals surface area contributed by atoms with Gasteiger partial charge >= 0.3 is 0 Å². The molecule has 2 nitrogen and oxygen atoms in total. The van der Waals surface area contributed by atoms with Crippen LogP contribution in [-0.2, 0) is 0 Å². The molecule has 1 aliphatic heterocycles. The summed E-state index contributed by atoms with van der Waals surface area (Å²) in [6.45, 7) is 5.99. The fraction of sp³-hybridized carbons (Fsp3) is 0.455. The van der Waals surface area contributed by atoms with Crippen molar-refractivity contribution in [3.05, 3.63) is 28.8 Å². The normalized spacial score (nSPS) is 17.1. The SMILES string of the molecule is Cc1cc(N2CC[N]CC2)ccc1Cl. The highest BCUT2D eigenvalue weighted by Gasteiger charge is 2.11. The lowest BCUT2D eigenvalue weighted by molar-refractivity contribution is 0.579. The molecule has 1 aromatic rings. The minimum atomic E-state index is 0.843. The molecule has 0 bridgehead atoms. The number of hydrogen-bond donors (Lipinski definition) is 0. The van der Waals surface area contributed by atoms with Crippen LogP contribution in [0.25, 0.3) is 0 Å². The number of rotatable bonds is 1. The van der Waals surface area contributed by atoms with Gasteiger partial charge in [-0.15, -0.1) is 0 Å². The van der Waals surface area contributed by atoms with Gasteiger partial charge in [0, 0.05) is 36.9 Å². The monoisotopic (exact) mass is 209 g/mol. The Bertz CT molecular complexity index is 319. The quantitative estimate of drug-likeness (QED) is 0.692. The molecule has 1 heterocycles. The van der Waals surface area contributed by atoms with Crippen LogP contribution in [-0.4, -0.2) is 26.2 Å². The summed E-state index contributed by atoms with van der Waals surface area (Å²) < 4.78 is 0. The molecule has 1 aromatic carbocycles. The van der Waals surface area contributed by atoms with Gasteiger partial charge in [-0.25, -0.2) is 5.32 Å². The highest BCUT2D eigenvalue weighted by molar-refractivity contribution is 6.31. The molecule has 14 heavy (non-hydrogen) atoms. The molecule has 2 rings (SSSR count). The second kappa shape index (κ2) is 4.20. The molecular weight excluding hydrogens is 196 g/mol. The van der Waals surface area contributed by atoms with Crippen molar-refractivity contribution in [2.45, 2.75) is 6.92 Å². The molecule has 75 valence electrons. The van der Waals surface area contributed by atoms with Crippen molar-refractivity contribution in [2.75, 3.05) is 31.1 Å². The first kappa shape index (κ1) is 9.81. The van der Waals surface area contributed by atoms with Gasteiger partial charge in [-0.05, 0) is 30.7 Å². The lowest BCUT2D eigenvalue weighted by atomic mass is 10.2. The smallest absolute Gasteiger partial charge is 0.0436 e. The van der Waals surface area contributed by atoms with Crippen LogP contribution in [0.2, 0.25) is 5.02 Å². The Kier molecular flexibility index (Phi) is 2.94. The highest BCUT2D eigenvalue weighted by atomic mass is 35.5. The molecule has 0 aromatic heterocycles. The molecule has 3 heteroatoms. The van der Waals surface area contributed by atoms with Crippen molar-refractivity contribution >= 4 is 17.3 Å². The summed E-state index contributed by atoms with van der Waals surface area (Å²) in [6.07, 6.45) is 0. The lowest BCUT2D eigenvalue weighted by Gasteiger charge is -2.28. The van der Waals surface area contributed by atoms with Gasteiger partial charge in [-0.3, -0.25) is 0 Å². The van der Waals surface area contributed by atoms with E-state index in [-0.39, 0.29) is 0 Å². The van der Waals surface area contributed by atoms with E-state index in [1.165, 1.54) is 5.69 Å². The standard InChI is InChI=1S/C11H14ClN2/c1-9-8-10(2-3-11(9)12)14-6-4-13-5-7-14/h2-3,8H,4-7H2,1H3. The van der Waals surface area contributed by atoms with Crippen molar-refractivity contribution in [2.24, 2.45) is 0 Å². The maximum absolute atomic E-state index is 5.98. The second-order valence-electron chi connectivity index (χ2n) is 3.59. The van der Waals surface area contributed by atoms with Crippen LogP contribution in [0, 0.1) is 6.92 Å². The van der Waals surface area contributed by atoms with E-state index in [2.05, 4.69) is 22.3 Å². The predicted octanol–water partition coefficient (Wildman–Crippen LogP) is 2.07. The topological polar surface area (TPSA) is 17.3 Å². The van der Waals surface area contributed by atoms with E-state index in [4.69, 9.17) is 11.6 Å². The van der Waals surface area contributed by atoms with Crippen LogP contribution in [0.5, 0.6) is 0 Å². The summed E-state index contributed by atoms with van der Waals surface area (Å²) in [5.74, 6) is 0. The van der Waals surface area contributed by atoms with E-state index >= 15 is 0 Å². The molecule has 0 spiro atoms. The summed E-state index contributed by atoms with van der Waals surface area (Å²) in [5, 5.41) is 5.17. The maximum atomic E-state index is 5.98. The summed E-state index contributed by atoms with van der Waals surface area (Å²) in [5.41, 5.74) is 2.41. The van der Waals surface area contributed by atoms with Crippen molar-refractivity contribution < 1.29 is 0 Å². The Morgan fingerprint density at radius 3 is 2.64 bits per heavy atom. The van der Waals surface area contributed by atoms with Crippen LogP contribution in [0.4, 0.5) is 5.69 Å². The van der Waals surface area contributed by atoms with Crippen LogP contribution >= 0.6 is 11.6 Å². The number of benzene rings is 1. The summed E-state index contributed by atoms with van der Waals surface area (Å²) in [7, 11) is 0. The molecule has 0 unspecified atom stereocenters. The fourth-order valence-electron chi connectivity index (χ4n) is 1.69. The third-order valence-corrected chi connectivity index (χ3v) is 2.99. The van der Waals surface area contributed by atoms with Gasteiger partial charge in [-0.2, -0.15) is 0 Å². The minimum absolute atomic E-state index is 0.843. The number of anilines is 1. The number of hydrogen-bond acceptors (Lipinski definition) is 1. The van der Waals surface area contributed by atoms with Crippen LogP contribution < -0.4 is 10.2 Å². The Morgan fingerprint density at radius 1 is 1.29 bits per heavy atom. The molecular formula is C11H14ClN2. The first-order valence-electron chi connectivity index (χ1n) is 4.92. The minimum Gasteiger partial charge on any atom is -0.369 e. The molecule has 1 aliphatic rings. The molecule has 0 aliphatic carbocycles. The molecule has 1 saturated heterocycles. The zero-order valence-corrected chi connectivity index (χ0v) is 9.09. The van der Waals surface area contributed by atoms with E-state index in [0.717, 1.165) is 36.8 Å². The molecule has 0 saturated carbocycles. The second-order valence-corrected chi connectivity index (χ2v) is 4.00. The van der Waals surface area contributed by atoms with Gasteiger partial charge in [-0.1, -0.05) is 11.6 Å². The summed E-state index contributed by atoms with van der Waals surface area (Å²) in [4.78, 5) is 2.36. The molecule has 0 atom stereocenters. The van der Waals surface area contributed by atoms with E-state index < -0.39 is 0 Å². The zero-order valence-electron chi connectivity index (χ0n) is 8.33. The lowest BCUT2D eigenvalue weighted by Crippen LogP contribution is -2.40. The zero-order chi connectivity index (χ0) is 9.97. The van der Waals surface area contributed by atoms with E-state index in [1.807, 2.05) is 13.0 Å². The van der Waals surface area contributed by atoms with Gasteiger partial charge in [0.2, 0.25) is 0 Å². The number of nitrogens with zero attached hydrogens (tertiary/aromatic N) is 2. The molecule has 1 radical (unpaired) electrons. The first-order valence-corrected chi connectivity index (χ1v) is 5.29. The van der Waals surface area contributed by atoms with Crippen molar-refractivity contribution in [1.29, 1.82) is 0 Å². The summed E-state index contributed by atoms with van der Waals surface area (Å²) >= 11 is 5.98. The number of aryl methyl sites for hydroxylation is 1. The summed E-state index contributed by atoms with van der Waals surface area (Å²) in [6, 6.07) is 6.20.